The summed E-state index contributed by atoms with van der Waals surface area (Å²) in [7, 11) is 0. The lowest BCUT2D eigenvalue weighted by atomic mass is 9.95. The van der Waals surface area contributed by atoms with Crippen LogP contribution in [-0.2, 0) is 0 Å². The minimum absolute atomic E-state index is 0.0320. The molecule has 0 saturated heterocycles. The first-order valence-corrected chi connectivity index (χ1v) is 14.5. The molecule has 8 nitrogen and oxygen atoms in total. The zero-order chi connectivity index (χ0) is 29.8. The van der Waals surface area contributed by atoms with Crippen LogP contribution < -0.4 is 10.6 Å². The molecule has 0 bridgehead atoms. The van der Waals surface area contributed by atoms with Gasteiger partial charge in [-0.2, -0.15) is 0 Å². The van der Waals surface area contributed by atoms with Gasteiger partial charge in [0.05, 0.1) is 23.5 Å². The van der Waals surface area contributed by atoms with Crippen LogP contribution in [0.1, 0.15) is 47.2 Å². The Labute approximate surface area is 259 Å². The van der Waals surface area contributed by atoms with E-state index >= 15 is 0 Å². The predicted molar refractivity (Wildman–Crippen MR) is 173 cm³/mol. The van der Waals surface area contributed by atoms with Crippen LogP contribution >= 0.6 is 23.2 Å². The van der Waals surface area contributed by atoms with E-state index in [1.165, 1.54) is 0 Å². The third-order valence-corrected chi connectivity index (χ3v) is 7.74. The number of guanidine groups is 2. The smallest absolute Gasteiger partial charge is 0.220 e. The highest BCUT2D eigenvalue weighted by Gasteiger charge is 2.26. The highest BCUT2D eigenvalue weighted by Crippen LogP contribution is 2.30. The van der Waals surface area contributed by atoms with E-state index in [0.717, 1.165) is 11.1 Å². The van der Waals surface area contributed by atoms with E-state index in [9.17, 15) is 10.2 Å². The Morgan fingerprint density at radius 1 is 0.628 bits per heavy atom. The van der Waals surface area contributed by atoms with Crippen LogP contribution in [0.2, 0.25) is 10.0 Å². The van der Waals surface area contributed by atoms with Gasteiger partial charge in [-0.15, -0.1) is 0 Å². The Hall–Kier alpha value is -4.66. The Morgan fingerprint density at radius 2 is 1.05 bits per heavy atom. The molecule has 4 N–H and O–H groups in total. The molecule has 2 aliphatic rings. The molecule has 6 rings (SSSR count). The Balaban J connectivity index is 1.33. The summed E-state index contributed by atoms with van der Waals surface area (Å²) in [4.78, 5) is 18.7. The summed E-state index contributed by atoms with van der Waals surface area (Å²) in [5.41, 5.74) is 4.57. The van der Waals surface area contributed by atoms with Crippen molar-refractivity contribution in [3.8, 4) is 11.5 Å². The van der Waals surface area contributed by atoms with Crippen LogP contribution in [0.5, 0.6) is 11.5 Å². The van der Waals surface area contributed by atoms with Gasteiger partial charge in [-0.1, -0.05) is 83.9 Å². The van der Waals surface area contributed by atoms with E-state index in [-0.39, 0.29) is 30.3 Å². The van der Waals surface area contributed by atoms with Gasteiger partial charge in [-0.25, -0.2) is 20.0 Å². The van der Waals surface area contributed by atoms with Crippen LogP contribution in [0.4, 0.5) is 0 Å². The summed E-state index contributed by atoms with van der Waals surface area (Å²) in [6, 6.07) is 29.6. The molecule has 0 spiro atoms. The first-order valence-electron chi connectivity index (χ1n) is 13.8. The van der Waals surface area contributed by atoms with Crippen LogP contribution in [0.3, 0.4) is 0 Å². The van der Waals surface area contributed by atoms with Gasteiger partial charge in [0.25, 0.3) is 0 Å². The van der Waals surface area contributed by atoms with Gasteiger partial charge in [-0.05, 0) is 47.5 Å². The molecule has 0 saturated carbocycles. The maximum Gasteiger partial charge on any atom is 0.220 e. The first-order chi connectivity index (χ1) is 20.9. The van der Waals surface area contributed by atoms with Gasteiger partial charge in [0.15, 0.2) is 0 Å². The quantitative estimate of drug-likeness (QED) is 0.192. The molecule has 0 aromatic heterocycles. The molecule has 0 amide bonds. The van der Waals surface area contributed by atoms with Crippen LogP contribution in [0, 0.1) is 0 Å². The summed E-state index contributed by atoms with van der Waals surface area (Å²) in [6.07, 6.45) is 1.06. The number of hydrogen-bond acceptors (Lipinski definition) is 4. The van der Waals surface area contributed by atoms with Crippen molar-refractivity contribution < 1.29 is 10.2 Å². The second-order valence-corrected chi connectivity index (χ2v) is 11.0. The van der Waals surface area contributed by atoms with E-state index in [4.69, 9.17) is 33.2 Å². The molecule has 2 atom stereocenters. The second kappa shape index (κ2) is 12.7. The Morgan fingerprint density at radius 3 is 1.47 bits per heavy atom. The van der Waals surface area contributed by atoms with Crippen molar-refractivity contribution >= 4 is 46.5 Å². The maximum absolute atomic E-state index is 10.6. The van der Waals surface area contributed by atoms with Gasteiger partial charge in [-0.3, -0.25) is 0 Å². The Bertz CT molecular complexity index is 1630. The molecule has 0 radical (unpaired) electrons. The number of nitrogens with one attached hydrogen (secondary N) is 2. The van der Waals surface area contributed by atoms with Crippen molar-refractivity contribution in [1.82, 2.24) is 10.6 Å². The highest BCUT2D eigenvalue weighted by atomic mass is 35.5. The minimum Gasteiger partial charge on any atom is -0.507 e. The number of aliphatic imine (C=N–C) groups is 4. The van der Waals surface area contributed by atoms with Crippen LogP contribution in [-0.4, -0.2) is 40.2 Å². The summed E-state index contributed by atoms with van der Waals surface area (Å²) >= 11 is 12.5. The van der Waals surface area contributed by atoms with Gasteiger partial charge < -0.3 is 20.8 Å². The van der Waals surface area contributed by atoms with E-state index in [0.29, 0.717) is 57.4 Å². The zero-order valence-electron chi connectivity index (χ0n) is 23.0. The number of aromatic hydroxyl groups is 2. The lowest BCUT2D eigenvalue weighted by molar-refractivity contribution is 0.473. The van der Waals surface area contributed by atoms with E-state index in [1.54, 1.807) is 36.4 Å². The molecule has 4 aromatic carbocycles. The van der Waals surface area contributed by atoms with Gasteiger partial charge in [0, 0.05) is 34.0 Å². The summed E-state index contributed by atoms with van der Waals surface area (Å²) in [6.45, 7) is 0.0320. The molecule has 2 unspecified atom stereocenters. The molecule has 216 valence electrons. The van der Waals surface area contributed by atoms with Crippen molar-refractivity contribution in [3.63, 3.8) is 0 Å². The zero-order valence-corrected chi connectivity index (χ0v) is 24.5. The summed E-state index contributed by atoms with van der Waals surface area (Å²) in [5.74, 6) is 0.957. The number of rotatable bonds is 6. The molecule has 2 heterocycles. The largest absolute Gasteiger partial charge is 0.507 e. The molecular weight excluding hydrogens is 583 g/mol. The van der Waals surface area contributed by atoms with E-state index in [1.807, 2.05) is 60.7 Å². The average Bonchev–Trinajstić information content (AvgIpc) is 3.04. The average molecular weight is 612 g/mol. The fourth-order valence-electron chi connectivity index (χ4n) is 5.14. The van der Waals surface area contributed by atoms with Gasteiger partial charge >= 0.3 is 0 Å². The fraction of sp³-hybridized carbons (Fsp3) is 0.152. The number of nitrogens with zero attached hydrogens (tertiary/aromatic N) is 4. The molecule has 10 heteroatoms. The second-order valence-electron chi connectivity index (χ2n) is 10.2. The first kappa shape index (κ1) is 28.5. The molecule has 43 heavy (non-hydrogen) atoms. The topological polar surface area (TPSA) is 114 Å². The van der Waals surface area contributed by atoms with Crippen molar-refractivity contribution in [2.75, 3.05) is 6.67 Å². The standard InChI is InChI=1S/C33H28Cl2N6O2/c34-22-11-13-30(42)24(15-22)28-17-26(20-7-3-1-4-8-20)38-32(40-28)36-19-37-33-39-27(21-9-5-2-6-10-21)18-29(41-33)25-16-23(35)12-14-31(25)43/h1-16,26-27,42-43H,17-19H2,(H,36,38)(H,37,39). The number of benzene rings is 4. The normalized spacial score (nSPS) is 20.2. The van der Waals surface area contributed by atoms with Crippen LogP contribution in [0.15, 0.2) is 117 Å². The Kier molecular flexibility index (Phi) is 8.40. The number of halogens is 2. The number of phenolic OH excluding ortho intramolecular Hbond substituents is 2. The van der Waals surface area contributed by atoms with Crippen molar-refractivity contribution in [2.45, 2.75) is 24.9 Å². The summed E-state index contributed by atoms with van der Waals surface area (Å²) < 4.78 is 0. The lowest BCUT2D eigenvalue weighted by Gasteiger charge is -2.26. The summed E-state index contributed by atoms with van der Waals surface area (Å²) in [5, 5.41) is 29.0. The molecule has 4 aromatic rings. The lowest BCUT2D eigenvalue weighted by Crippen LogP contribution is -2.36. The van der Waals surface area contributed by atoms with Crippen molar-refractivity contribution in [3.05, 3.63) is 129 Å². The molecule has 0 fully saturated rings. The van der Waals surface area contributed by atoms with Crippen molar-refractivity contribution in [2.24, 2.45) is 20.0 Å². The SMILES string of the molecule is Oc1ccc(Cl)cc1C1=N/C(=N/C/N=C2/N=C(c3cc(Cl)ccc3O)CC(c3ccccc3)N2)NC(c2ccccc2)C1. The highest BCUT2D eigenvalue weighted by molar-refractivity contribution is 6.31. The predicted octanol–water partition coefficient (Wildman–Crippen LogP) is 6.82. The third-order valence-electron chi connectivity index (χ3n) is 7.27. The van der Waals surface area contributed by atoms with Crippen molar-refractivity contribution in [1.29, 1.82) is 0 Å². The third kappa shape index (κ3) is 6.71. The number of phenols is 2. The van der Waals surface area contributed by atoms with E-state index < -0.39 is 0 Å². The number of hydrogen-bond donors (Lipinski definition) is 4. The molecule has 2 aliphatic heterocycles. The van der Waals surface area contributed by atoms with Gasteiger partial charge in [0.2, 0.25) is 11.9 Å². The monoisotopic (exact) mass is 610 g/mol. The fourth-order valence-corrected chi connectivity index (χ4v) is 5.48. The minimum atomic E-state index is -0.121. The maximum atomic E-state index is 10.6. The van der Waals surface area contributed by atoms with Crippen LogP contribution in [0.25, 0.3) is 0 Å². The molecule has 0 aliphatic carbocycles. The molecular formula is C33H28Cl2N6O2. The van der Waals surface area contributed by atoms with Gasteiger partial charge in [0.1, 0.15) is 18.2 Å². The van der Waals surface area contributed by atoms with E-state index in [2.05, 4.69) is 20.6 Å².